The Kier molecular flexibility index (Phi) is 7.13. The van der Waals surface area contributed by atoms with E-state index in [2.05, 4.69) is 25.8 Å². The number of hydrogen-bond acceptors (Lipinski definition) is 6. The molecule has 1 amide bonds. The quantitative estimate of drug-likeness (QED) is 0.740. The van der Waals surface area contributed by atoms with Crippen LogP contribution < -0.4 is 10.6 Å². The van der Waals surface area contributed by atoms with Gasteiger partial charge in [-0.15, -0.1) is 0 Å². The van der Waals surface area contributed by atoms with Gasteiger partial charge in [-0.3, -0.25) is 9.78 Å². The average molecular weight is 357 g/mol. The van der Waals surface area contributed by atoms with Crippen molar-refractivity contribution in [1.82, 2.24) is 25.8 Å². The largest absolute Gasteiger partial charge is 0.352 e. The monoisotopic (exact) mass is 357 g/mol. The Morgan fingerprint density at radius 2 is 1.96 bits per heavy atom. The maximum absolute atomic E-state index is 12.1. The number of aromatic nitrogens is 3. The molecule has 1 fully saturated rings. The fourth-order valence-electron chi connectivity index (χ4n) is 3.23. The molecule has 1 saturated carbocycles. The molecule has 26 heavy (non-hydrogen) atoms. The van der Waals surface area contributed by atoms with E-state index in [-0.39, 0.29) is 5.91 Å². The Balaban J connectivity index is 1.35. The van der Waals surface area contributed by atoms with Gasteiger partial charge in [0.1, 0.15) is 5.69 Å². The van der Waals surface area contributed by atoms with Gasteiger partial charge in [0, 0.05) is 25.2 Å². The Bertz CT molecular complexity index is 666. The van der Waals surface area contributed by atoms with Gasteiger partial charge in [0.2, 0.25) is 17.6 Å². The minimum Gasteiger partial charge on any atom is -0.352 e. The molecule has 7 heteroatoms. The van der Waals surface area contributed by atoms with E-state index in [1.807, 2.05) is 18.2 Å². The van der Waals surface area contributed by atoms with Gasteiger partial charge in [0.15, 0.2) is 0 Å². The van der Waals surface area contributed by atoms with Crippen molar-refractivity contribution in [1.29, 1.82) is 0 Å². The third kappa shape index (κ3) is 5.91. The zero-order valence-electron chi connectivity index (χ0n) is 15.1. The molecule has 7 nitrogen and oxygen atoms in total. The standard InChI is InChI=1S/C19H27N5O2/c25-17(22-15-8-4-2-1-3-5-9-15)14-20-13-11-18-23-19(24-26-18)16-10-6-7-12-21-16/h6-7,10,12,15,20H,1-5,8-9,11,13-14H2,(H,22,25). The van der Waals surface area contributed by atoms with Crippen LogP contribution in [-0.2, 0) is 11.2 Å². The van der Waals surface area contributed by atoms with E-state index in [0.29, 0.717) is 43.0 Å². The molecular weight excluding hydrogens is 330 g/mol. The number of pyridine rings is 1. The molecule has 0 spiro atoms. The van der Waals surface area contributed by atoms with Gasteiger partial charge in [-0.05, 0) is 25.0 Å². The van der Waals surface area contributed by atoms with Crippen LogP contribution in [0.1, 0.15) is 50.8 Å². The van der Waals surface area contributed by atoms with Crippen LogP contribution in [0.4, 0.5) is 0 Å². The first-order valence-electron chi connectivity index (χ1n) is 9.55. The van der Waals surface area contributed by atoms with Crippen molar-refractivity contribution in [3.8, 4) is 11.5 Å². The summed E-state index contributed by atoms with van der Waals surface area (Å²) in [6.45, 7) is 0.930. The molecule has 1 aliphatic carbocycles. The Labute approximate surface area is 154 Å². The third-order valence-corrected chi connectivity index (χ3v) is 4.63. The van der Waals surface area contributed by atoms with Crippen molar-refractivity contribution in [3.63, 3.8) is 0 Å². The van der Waals surface area contributed by atoms with Crippen LogP contribution in [0.2, 0.25) is 0 Å². The highest BCUT2D eigenvalue weighted by molar-refractivity contribution is 5.78. The Morgan fingerprint density at radius 3 is 2.73 bits per heavy atom. The summed E-state index contributed by atoms with van der Waals surface area (Å²) >= 11 is 0. The summed E-state index contributed by atoms with van der Waals surface area (Å²) in [5, 5.41) is 10.2. The molecule has 2 aromatic rings. The van der Waals surface area contributed by atoms with Gasteiger partial charge in [-0.25, -0.2) is 0 Å². The number of carbonyl (C=O) groups excluding carboxylic acids is 1. The summed E-state index contributed by atoms with van der Waals surface area (Å²) in [7, 11) is 0. The normalized spacial score (nSPS) is 16.0. The van der Waals surface area contributed by atoms with E-state index in [0.717, 1.165) is 12.8 Å². The van der Waals surface area contributed by atoms with E-state index in [9.17, 15) is 4.79 Å². The number of nitrogens with one attached hydrogen (secondary N) is 2. The summed E-state index contributed by atoms with van der Waals surface area (Å²) < 4.78 is 5.23. The van der Waals surface area contributed by atoms with Gasteiger partial charge < -0.3 is 15.2 Å². The predicted octanol–water partition coefficient (Wildman–Crippen LogP) is 2.49. The number of hydrogen-bond donors (Lipinski definition) is 2. The van der Waals surface area contributed by atoms with Crippen LogP contribution in [-0.4, -0.2) is 40.2 Å². The van der Waals surface area contributed by atoms with Crippen molar-refractivity contribution in [2.45, 2.75) is 57.4 Å². The smallest absolute Gasteiger partial charge is 0.234 e. The first-order chi connectivity index (χ1) is 12.8. The fourth-order valence-corrected chi connectivity index (χ4v) is 3.23. The van der Waals surface area contributed by atoms with Crippen LogP contribution in [0.25, 0.3) is 11.5 Å². The summed E-state index contributed by atoms with van der Waals surface area (Å²) in [5.74, 6) is 1.09. The molecule has 140 valence electrons. The van der Waals surface area contributed by atoms with E-state index < -0.39 is 0 Å². The van der Waals surface area contributed by atoms with Gasteiger partial charge >= 0.3 is 0 Å². The summed E-state index contributed by atoms with van der Waals surface area (Å²) in [6.07, 6.45) is 10.8. The lowest BCUT2D eigenvalue weighted by atomic mass is 9.97. The minimum atomic E-state index is 0.0651. The van der Waals surface area contributed by atoms with Crippen LogP contribution in [0.3, 0.4) is 0 Å². The second-order valence-electron chi connectivity index (χ2n) is 6.76. The van der Waals surface area contributed by atoms with Gasteiger partial charge in [-0.1, -0.05) is 43.3 Å². The van der Waals surface area contributed by atoms with Crippen LogP contribution >= 0.6 is 0 Å². The van der Waals surface area contributed by atoms with E-state index in [1.165, 1.54) is 32.1 Å². The van der Waals surface area contributed by atoms with Crippen LogP contribution in [0, 0.1) is 0 Å². The summed E-state index contributed by atoms with van der Waals surface area (Å²) in [4.78, 5) is 20.6. The molecule has 0 aromatic carbocycles. The first kappa shape index (κ1) is 18.5. The molecule has 0 radical (unpaired) electrons. The fraction of sp³-hybridized carbons (Fsp3) is 0.579. The van der Waals surface area contributed by atoms with Gasteiger partial charge in [0.25, 0.3) is 0 Å². The number of nitrogens with zero attached hydrogens (tertiary/aromatic N) is 3. The maximum atomic E-state index is 12.1. The molecule has 1 aliphatic rings. The topological polar surface area (TPSA) is 92.9 Å². The highest BCUT2D eigenvalue weighted by atomic mass is 16.5. The molecule has 2 heterocycles. The van der Waals surface area contributed by atoms with Crippen molar-refractivity contribution in [2.75, 3.05) is 13.1 Å². The second-order valence-corrected chi connectivity index (χ2v) is 6.76. The number of rotatable bonds is 7. The molecule has 3 rings (SSSR count). The van der Waals surface area contributed by atoms with Crippen LogP contribution in [0.5, 0.6) is 0 Å². The Morgan fingerprint density at radius 1 is 1.15 bits per heavy atom. The number of carbonyl (C=O) groups is 1. The lowest BCUT2D eigenvalue weighted by molar-refractivity contribution is -0.121. The lowest BCUT2D eigenvalue weighted by Crippen LogP contribution is -2.41. The molecule has 0 saturated heterocycles. The van der Waals surface area contributed by atoms with Crippen molar-refractivity contribution >= 4 is 5.91 Å². The van der Waals surface area contributed by atoms with E-state index in [4.69, 9.17) is 4.52 Å². The average Bonchev–Trinajstić information content (AvgIpc) is 3.11. The second kappa shape index (κ2) is 10.0. The Hall–Kier alpha value is -2.28. The van der Waals surface area contributed by atoms with Crippen molar-refractivity contribution in [3.05, 3.63) is 30.3 Å². The van der Waals surface area contributed by atoms with E-state index >= 15 is 0 Å². The van der Waals surface area contributed by atoms with Gasteiger partial charge in [-0.2, -0.15) is 4.98 Å². The zero-order valence-corrected chi connectivity index (χ0v) is 15.1. The maximum Gasteiger partial charge on any atom is 0.234 e. The lowest BCUT2D eigenvalue weighted by Gasteiger charge is -2.21. The summed E-state index contributed by atoms with van der Waals surface area (Å²) in [5.41, 5.74) is 0.689. The molecule has 0 aliphatic heterocycles. The highest BCUT2D eigenvalue weighted by Gasteiger charge is 2.14. The van der Waals surface area contributed by atoms with E-state index in [1.54, 1.807) is 6.20 Å². The molecule has 2 aromatic heterocycles. The predicted molar refractivity (Wildman–Crippen MR) is 98.4 cm³/mol. The first-order valence-corrected chi connectivity index (χ1v) is 9.55. The number of amides is 1. The SMILES string of the molecule is O=C(CNCCc1nc(-c2ccccn2)no1)NC1CCCCCCC1. The van der Waals surface area contributed by atoms with Crippen LogP contribution in [0.15, 0.2) is 28.9 Å². The molecule has 0 bridgehead atoms. The third-order valence-electron chi connectivity index (χ3n) is 4.63. The summed E-state index contributed by atoms with van der Waals surface area (Å²) in [6, 6.07) is 5.90. The molecular formula is C19H27N5O2. The molecule has 0 unspecified atom stereocenters. The minimum absolute atomic E-state index is 0.0651. The highest BCUT2D eigenvalue weighted by Crippen LogP contribution is 2.17. The molecule has 2 N–H and O–H groups in total. The molecule has 0 atom stereocenters. The van der Waals surface area contributed by atoms with Crippen molar-refractivity contribution in [2.24, 2.45) is 0 Å². The van der Waals surface area contributed by atoms with Gasteiger partial charge in [0.05, 0.1) is 6.54 Å². The van der Waals surface area contributed by atoms with Crippen molar-refractivity contribution < 1.29 is 9.32 Å². The zero-order chi connectivity index (χ0) is 18.0.